The van der Waals surface area contributed by atoms with E-state index in [2.05, 4.69) is 54.7 Å². The summed E-state index contributed by atoms with van der Waals surface area (Å²) in [7, 11) is 0. The van der Waals surface area contributed by atoms with Crippen LogP contribution in [-0.2, 0) is 13.1 Å². The lowest BCUT2D eigenvalue weighted by atomic mass is 10.2. The van der Waals surface area contributed by atoms with E-state index in [4.69, 9.17) is 9.47 Å². The zero-order valence-corrected chi connectivity index (χ0v) is 13.9. The maximum atomic E-state index is 5.41. The molecule has 19 heavy (non-hydrogen) atoms. The van der Waals surface area contributed by atoms with E-state index in [-0.39, 0.29) is 0 Å². The van der Waals surface area contributed by atoms with Gasteiger partial charge in [-0.05, 0) is 61.0 Å². The minimum atomic E-state index is 0.299. The van der Waals surface area contributed by atoms with Gasteiger partial charge in [-0.2, -0.15) is 0 Å². The third-order valence-electron chi connectivity index (χ3n) is 2.79. The number of benzene rings is 1. The van der Waals surface area contributed by atoms with Crippen LogP contribution in [0.5, 0.6) is 11.5 Å². The first-order valence-corrected chi connectivity index (χ1v) is 8.21. The second-order valence-electron chi connectivity index (χ2n) is 4.11. The van der Waals surface area contributed by atoms with Crippen LogP contribution < -0.4 is 14.8 Å². The molecule has 100 valence electrons. The number of thiophene rings is 1. The van der Waals surface area contributed by atoms with Crippen LogP contribution in [-0.4, -0.2) is 6.79 Å². The Kier molecular flexibility index (Phi) is 4.12. The number of hydrogen-bond donors (Lipinski definition) is 1. The fraction of sp³-hybridized carbons (Fsp3) is 0.231. The van der Waals surface area contributed by atoms with Gasteiger partial charge in [0.25, 0.3) is 0 Å². The van der Waals surface area contributed by atoms with E-state index >= 15 is 0 Å². The van der Waals surface area contributed by atoms with Crippen LogP contribution in [0.2, 0.25) is 0 Å². The molecule has 2 heterocycles. The number of nitrogens with one attached hydrogen (secondary N) is 1. The minimum Gasteiger partial charge on any atom is -0.454 e. The molecule has 0 aliphatic carbocycles. The second kappa shape index (κ2) is 5.83. The Morgan fingerprint density at radius 1 is 1.16 bits per heavy atom. The monoisotopic (exact) mass is 403 g/mol. The van der Waals surface area contributed by atoms with Crippen molar-refractivity contribution in [3.63, 3.8) is 0 Å². The van der Waals surface area contributed by atoms with Crippen LogP contribution >= 0.6 is 43.2 Å². The number of hydrogen-bond acceptors (Lipinski definition) is 4. The summed E-state index contributed by atoms with van der Waals surface area (Å²) < 4.78 is 12.9. The van der Waals surface area contributed by atoms with E-state index in [1.807, 2.05) is 6.07 Å². The van der Waals surface area contributed by atoms with Gasteiger partial charge in [0.15, 0.2) is 11.5 Å². The first-order valence-electron chi connectivity index (χ1n) is 5.74. The molecule has 6 heteroatoms. The Bertz CT molecular complexity index is 600. The number of halogens is 2. The highest BCUT2D eigenvalue weighted by Crippen LogP contribution is 2.39. The average Bonchev–Trinajstić information content (AvgIpc) is 2.99. The summed E-state index contributed by atoms with van der Waals surface area (Å²) in [6.07, 6.45) is 0. The molecule has 0 fully saturated rings. The second-order valence-corrected chi connectivity index (χ2v) is 6.82. The average molecular weight is 405 g/mol. The van der Waals surface area contributed by atoms with E-state index in [9.17, 15) is 0 Å². The van der Waals surface area contributed by atoms with Gasteiger partial charge < -0.3 is 14.8 Å². The molecule has 1 aliphatic rings. The molecule has 1 N–H and O–H groups in total. The molecular formula is C13H11Br2NO2S. The summed E-state index contributed by atoms with van der Waals surface area (Å²) in [5.74, 6) is 1.60. The summed E-state index contributed by atoms with van der Waals surface area (Å²) in [5.41, 5.74) is 1.17. The van der Waals surface area contributed by atoms with Crippen molar-refractivity contribution in [1.82, 2.24) is 5.32 Å². The molecule has 0 saturated carbocycles. The van der Waals surface area contributed by atoms with Gasteiger partial charge in [-0.3, -0.25) is 0 Å². The number of fused-ring (bicyclic) bond motifs is 1. The van der Waals surface area contributed by atoms with Crippen LogP contribution in [0.15, 0.2) is 32.5 Å². The third kappa shape index (κ3) is 2.97. The fourth-order valence-electron chi connectivity index (χ4n) is 1.89. The smallest absolute Gasteiger partial charge is 0.231 e. The highest BCUT2D eigenvalue weighted by Gasteiger charge is 2.17. The Hall–Kier alpha value is -0.560. The van der Waals surface area contributed by atoms with Gasteiger partial charge >= 0.3 is 0 Å². The van der Waals surface area contributed by atoms with Gasteiger partial charge in [0.2, 0.25) is 6.79 Å². The number of rotatable bonds is 4. The van der Waals surface area contributed by atoms with Gasteiger partial charge in [-0.15, -0.1) is 11.3 Å². The van der Waals surface area contributed by atoms with Crippen LogP contribution in [0.4, 0.5) is 0 Å². The Balaban J connectivity index is 1.65. The molecular weight excluding hydrogens is 394 g/mol. The summed E-state index contributed by atoms with van der Waals surface area (Å²) in [5, 5.41) is 5.51. The minimum absolute atomic E-state index is 0.299. The molecule has 0 amide bonds. The lowest BCUT2D eigenvalue weighted by molar-refractivity contribution is 0.173. The summed E-state index contributed by atoms with van der Waals surface area (Å²) in [4.78, 5) is 1.31. The SMILES string of the molecule is Brc1ccsc1CNCc1cc(Br)c2c(c1)OCO2. The standard InChI is InChI=1S/C13H11Br2NO2S/c14-9-1-2-19-12(9)6-16-5-8-3-10(15)13-11(4-8)17-7-18-13/h1-4,16H,5-7H2. The van der Waals surface area contributed by atoms with Crippen molar-refractivity contribution in [2.75, 3.05) is 6.79 Å². The van der Waals surface area contributed by atoms with Crippen LogP contribution in [0.25, 0.3) is 0 Å². The largest absolute Gasteiger partial charge is 0.454 e. The molecule has 2 aromatic rings. The Morgan fingerprint density at radius 3 is 2.84 bits per heavy atom. The van der Waals surface area contributed by atoms with E-state index in [1.165, 1.54) is 10.4 Å². The summed E-state index contributed by atoms with van der Waals surface area (Å²) >= 11 is 8.78. The van der Waals surface area contributed by atoms with Crippen molar-refractivity contribution in [2.45, 2.75) is 13.1 Å². The Morgan fingerprint density at radius 2 is 2.05 bits per heavy atom. The molecule has 0 atom stereocenters. The molecule has 3 rings (SSSR count). The predicted octanol–water partition coefficient (Wildman–Crippen LogP) is 4.29. The van der Waals surface area contributed by atoms with Crippen molar-refractivity contribution in [3.8, 4) is 11.5 Å². The molecule has 0 unspecified atom stereocenters. The van der Waals surface area contributed by atoms with E-state index in [0.717, 1.165) is 33.5 Å². The lowest BCUT2D eigenvalue weighted by Gasteiger charge is -2.07. The molecule has 1 aliphatic heterocycles. The van der Waals surface area contributed by atoms with Crippen molar-refractivity contribution in [3.05, 3.63) is 43.0 Å². The molecule has 1 aromatic carbocycles. The van der Waals surface area contributed by atoms with Gasteiger partial charge in [0.05, 0.1) is 4.47 Å². The van der Waals surface area contributed by atoms with Gasteiger partial charge in [0, 0.05) is 22.4 Å². The van der Waals surface area contributed by atoms with Gasteiger partial charge in [-0.1, -0.05) is 0 Å². The maximum absolute atomic E-state index is 5.41. The van der Waals surface area contributed by atoms with Crippen molar-refractivity contribution in [2.24, 2.45) is 0 Å². The maximum Gasteiger partial charge on any atom is 0.231 e. The zero-order valence-electron chi connectivity index (χ0n) is 9.91. The van der Waals surface area contributed by atoms with E-state index in [0.29, 0.717) is 6.79 Å². The first kappa shape index (κ1) is 13.4. The highest BCUT2D eigenvalue weighted by molar-refractivity contribution is 9.10. The molecule has 0 bridgehead atoms. The predicted molar refractivity (Wildman–Crippen MR) is 82.8 cm³/mol. The summed E-state index contributed by atoms with van der Waals surface area (Å²) in [6.45, 7) is 1.94. The normalized spacial score (nSPS) is 12.9. The van der Waals surface area contributed by atoms with Crippen molar-refractivity contribution < 1.29 is 9.47 Å². The third-order valence-corrected chi connectivity index (χ3v) is 5.31. The molecule has 0 spiro atoms. The fourth-order valence-corrected chi connectivity index (χ4v) is 3.96. The van der Waals surface area contributed by atoms with Crippen molar-refractivity contribution in [1.29, 1.82) is 0 Å². The molecule has 0 radical (unpaired) electrons. The van der Waals surface area contributed by atoms with Crippen LogP contribution in [0.1, 0.15) is 10.4 Å². The van der Waals surface area contributed by atoms with Crippen molar-refractivity contribution >= 4 is 43.2 Å². The molecule has 0 saturated heterocycles. The zero-order chi connectivity index (χ0) is 13.2. The lowest BCUT2D eigenvalue weighted by Crippen LogP contribution is -2.12. The van der Waals surface area contributed by atoms with Crippen LogP contribution in [0, 0.1) is 0 Å². The molecule has 1 aromatic heterocycles. The highest BCUT2D eigenvalue weighted by atomic mass is 79.9. The first-order chi connectivity index (χ1) is 9.24. The summed E-state index contributed by atoms with van der Waals surface area (Å²) in [6, 6.07) is 6.15. The van der Waals surface area contributed by atoms with E-state index < -0.39 is 0 Å². The van der Waals surface area contributed by atoms with Gasteiger partial charge in [-0.25, -0.2) is 0 Å². The van der Waals surface area contributed by atoms with Crippen LogP contribution in [0.3, 0.4) is 0 Å². The quantitative estimate of drug-likeness (QED) is 0.824. The van der Waals surface area contributed by atoms with E-state index in [1.54, 1.807) is 11.3 Å². The molecule has 3 nitrogen and oxygen atoms in total. The number of ether oxygens (including phenoxy) is 2. The topological polar surface area (TPSA) is 30.5 Å². The van der Waals surface area contributed by atoms with Gasteiger partial charge in [0.1, 0.15) is 0 Å². The Labute approximate surface area is 132 Å².